The highest BCUT2D eigenvalue weighted by molar-refractivity contribution is 5.30. The van der Waals surface area contributed by atoms with Crippen molar-refractivity contribution in [1.82, 2.24) is 5.32 Å². The van der Waals surface area contributed by atoms with E-state index in [4.69, 9.17) is 9.47 Å². The first-order chi connectivity index (χ1) is 6.77. The maximum absolute atomic E-state index is 5.34. The highest BCUT2D eigenvalue weighted by Crippen LogP contribution is 2.18. The normalized spacial score (nSPS) is 12.5. The van der Waals surface area contributed by atoms with Crippen molar-refractivity contribution in [2.45, 2.75) is 13.0 Å². The molecule has 1 aromatic carbocycles. The van der Waals surface area contributed by atoms with E-state index in [0.717, 1.165) is 5.75 Å². The molecule has 0 spiro atoms. The minimum absolute atomic E-state index is 0.289. The predicted molar refractivity (Wildman–Crippen MR) is 56.4 cm³/mol. The van der Waals surface area contributed by atoms with Crippen molar-refractivity contribution in [1.29, 1.82) is 0 Å². The van der Waals surface area contributed by atoms with Gasteiger partial charge < -0.3 is 14.8 Å². The van der Waals surface area contributed by atoms with Crippen molar-refractivity contribution in [3.63, 3.8) is 0 Å². The number of rotatable bonds is 5. The molecule has 1 rings (SSSR count). The van der Waals surface area contributed by atoms with E-state index in [1.54, 1.807) is 7.11 Å². The number of benzene rings is 1. The molecule has 0 amide bonds. The summed E-state index contributed by atoms with van der Waals surface area (Å²) in [5, 5.41) is 3.18. The topological polar surface area (TPSA) is 30.5 Å². The van der Waals surface area contributed by atoms with Gasteiger partial charge in [0.1, 0.15) is 5.75 Å². The van der Waals surface area contributed by atoms with Crippen LogP contribution in [0.1, 0.15) is 18.5 Å². The summed E-state index contributed by atoms with van der Waals surface area (Å²) in [6, 6.07) is 8.32. The summed E-state index contributed by atoms with van der Waals surface area (Å²) >= 11 is 0. The third-order valence-corrected chi connectivity index (χ3v) is 2.13. The Morgan fingerprint density at radius 1 is 1.43 bits per heavy atom. The van der Waals surface area contributed by atoms with Crippen LogP contribution in [-0.4, -0.2) is 21.0 Å². The second kappa shape index (κ2) is 5.62. The molecular formula is C11H17NO2. The van der Waals surface area contributed by atoms with Crippen molar-refractivity contribution < 1.29 is 9.47 Å². The molecule has 0 aromatic heterocycles. The highest BCUT2D eigenvalue weighted by atomic mass is 16.7. The van der Waals surface area contributed by atoms with Gasteiger partial charge in [-0.1, -0.05) is 12.1 Å². The summed E-state index contributed by atoms with van der Waals surface area (Å²) in [6.45, 7) is 2.40. The van der Waals surface area contributed by atoms with Crippen molar-refractivity contribution in [3.8, 4) is 5.75 Å². The van der Waals surface area contributed by atoms with Crippen LogP contribution < -0.4 is 10.1 Å². The van der Waals surface area contributed by atoms with Crippen LogP contribution in [0.2, 0.25) is 0 Å². The number of ether oxygens (including phenoxy) is 2. The van der Waals surface area contributed by atoms with Crippen LogP contribution in [0.5, 0.6) is 5.75 Å². The summed E-state index contributed by atoms with van der Waals surface area (Å²) in [6.07, 6.45) is 0. The van der Waals surface area contributed by atoms with Gasteiger partial charge in [0.05, 0.1) is 0 Å². The first-order valence-corrected chi connectivity index (χ1v) is 4.67. The Bertz CT molecular complexity index is 276. The van der Waals surface area contributed by atoms with E-state index in [9.17, 15) is 0 Å². The fourth-order valence-electron chi connectivity index (χ4n) is 1.17. The fourth-order valence-corrected chi connectivity index (χ4v) is 1.17. The molecule has 0 aliphatic carbocycles. The standard InChI is InChI=1S/C11H17NO2/c1-9(12-2)10-5-4-6-11(7-10)14-8-13-3/h4-7,9,12H,8H2,1-3H3. The van der Waals surface area contributed by atoms with Crippen molar-refractivity contribution in [2.75, 3.05) is 21.0 Å². The molecule has 0 heterocycles. The van der Waals surface area contributed by atoms with Gasteiger partial charge in [0, 0.05) is 13.2 Å². The first-order valence-electron chi connectivity index (χ1n) is 4.67. The van der Waals surface area contributed by atoms with Crippen LogP contribution in [0, 0.1) is 0 Å². The lowest BCUT2D eigenvalue weighted by molar-refractivity contribution is 0.0510. The molecule has 1 aromatic rings. The van der Waals surface area contributed by atoms with E-state index in [1.165, 1.54) is 5.56 Å². The molecule has 0 bridgehead atoms. The maximum atomic E-state index is 5.34. The second-order valence-corrected chi connectivity index (χ2v) is 3.13. The van der Waals surface area contributed by atoms with Crippen molar-refractivity contribution >= 4 is 0 Å². The summed E-state index contributed by atoms with van der Waals surface area (Å²) in [7, 11) is 3.55. The Morgan fingerprint density at radius 3 is 2.86 bits per heavy atom. The SMILES string of the molecule is CNC(C)c1cccc(OCOC)c1. The first kappa shape index (κ1) is 11.0. The van der Waals surface area contributed by atoms with Gasteiger partial charge in [0.15, 0.2) is 6.79 Å². The minimum Gasteiger partial charge on any atom is -0.468 e. The van der Waals surface area contributed by atoms with Crippen LogP contribution >= 0.6 is 0 Å². The Balaban J connectivity index is 2.68. The zero-order valence-corrected chi connectivity index (χ0v) is 8.91. The largest absolute Gasteiger partial charge is 0.468 e. The van der Waals surface area contributed by atoms with Crippen LogP contribution in [0.25, 0.3) is 0 Å². The summed E-state index contributed by atoms with van der Waals surface area (Å²) < 4.78 is 10.2. The second-order valence-electron chi connectivity index (χ2n) is 3.13. The number of methoxy groups -OCH3 is 1. The van der Waals surface area contributed by atoms with Gasteiger partial charge in [-0.25, -0.2) is 0 Å². The fraction of sp³-hybridized carbons (Fsp3) is 0.455. The zero-order valence-electron chi connectivity index (χ0n) is 8.91. The lowest BCUT2D eigenvalue weighted by Gasteiger charge is -2.12. The van der Waals surface area contributed by atoms with Gasteiger partial charge in [-0.05, 0) is 31.7 Å². The lowest BCUT2D eigenvalue weighted by Crippen LogP contribution is -2.12. The molecule has 1 atom stereocenters. The van der Waals surface area contributed by atoms with E-state index in [0.29, 0.717) is 6.04 Å². The number of nitrogens with one attached hydrogen (secondary N) is 1. The van der Waals surface area contributed by atoms with Crippen LogP contribution in [0.15, 0.2) is 24.3 Å². The molecule has 0 radical (unpaired) electrons. The predicted octanol–water partition coefficient (Wildman–Crippen LogP) is 1.95. The van der Waals surface area contributed by atoms with E-state index in [-0.39, 0.29) is 6.79 Å². The van der Waals surface area contributed by atoms with Crippen molar-refractivity contribution in [2.24, 2.45) is 0 Å². The smallest absolute Gasteiger partial charge is 0.188 e. The highest BCUT2D eigenvalue weighted by Gasteiger charge is 2.02. The molecule has 14 heavy (non-hydrogen) atoms. The average molecular weight is 195 g/mol. The number of hydrogen-bond acceptors (Lipinski definition) is 3. The van der Waals surface area contributed by atoms with Crippen LogP contribution in [0.3, 0.4) is 0 Å². The van der Waals surface area contributed by atoms with Gasteiger partial charge in [-0.3, -0.25) is 0 Å². The van der Waals surface area contributed by atoms with Gasteiger partial charge in [-0.2, -0.15) is 0 Å². The quantitative estimate of drug-likeness (QED) is 0.728. The summed E-state index contributed by atoms with van der Waals surface area (Å²) in [5.41, 5.74) is 1.21. The van der Waals surface area contributed by atoms with E-state index < -0.39 is 0 Å². The van der Waals surface area contributed by atoms with Gasteiger partial charge in [-0.15, -0.1) is 0 Å². The summed E-state index contributed by atoms with van der Waals surface area (Å²) in [4.78, 5) is 0. The molecule has 0 saturated carbocycles. The van der Waals surface area contributed by atoms with E-state index in [1.807, 2.05) is 25.2 Å². The lowest BCUT2D eigenvalue weighted by atomic mass is 10.1. The Kier molecular flexibility index (Phi) is 4.43. The molecule has 0 aliphatic heterocycles. The molecule has 3 heteroatoms. The van der Waals surface area contributed by atoms with Gasteiger partial charge in [0.25, 0.3) is 0 Å². The molecule has 0 saturated heterocycles. The Hall–Kier alpha value is -1.06. The van der Waals surface area contributed by atoms with Gasteiger partial charge in [0.2, 0.25) is 0 Å². The average Bonchev–Trinajstić information content (AvgIpc) is 2.25. The molecule has 1 N–H and O–H groups in total. The van der Waals surface area contributed by atoms with Crippen LogP contribution in [-0.2, 0) is 4.74 Å². The minimum atomic E-state index is 0.289. The van der Waals surface area contributed by atoms with E-state index in [2.05, 4.69) is 18.3 Å². The third-order valence-electron chi connectivity index (χ3n) is 2.13. The maximum Gasteiger partial charge on any atom is 0.188 e. The van der Waals surface area contributed by atoms with Crippen molar-refractivity contribution in [3.05, 3.63) is 29.8 Å². The molecule has 0 fully saturated rings. The molecule has 3 nitrogen and oxygen atoms in total. The van der Waals surface area contributed by atoms with E-state index >= 15 is 0 Å². The Labute approximate surface area is 85.0 Å². The molecule has 1 unspecified atom stereocenters. The molecular weight excluding hydrogens is 178 g/mol. The Morgan fingerprint density at radius 2 is 2.21 bits per heavy atom. The zero-order chi connectivity index (χ0) is 10.4. The summed E-state index contributed by atoms with van der Waals surface area (Å²) in [5.74, 6) is 0.839. The monoisotopic (exact) mass is 195 g/mol. The third kappa shape index (κ3) is 3.01. The van der Waals surface area contributed by atoms with Gasteiger partial charge >= 0.3 is 0 Å². The molecule has 78 valence electrons. The number of hydrogen-bond donors (Lipinski definition) is 1. The van der Waals surface area contributed by atoms with Crippen LogP contribution in [0.4, 0.5) is 0 Å². The molecule has 0 aliphatic rings.